The fourth-order valence-electron chi connectivity index (χ4n) is 3.78. The number of hydrogen-bond donors (Lipinski definition) is 0. The van der Waals surface area contributed by atoms with Crippen LogP contribution in [0, 0.1) is 17.8 Å². The van der Waals surface area contributed by atoms with E-state index in [4.69, 9.17) is 4.74 Å². The van der Waals surface area contributed by atoms with Gasteiger partial charge in [0, 0.05) is 0 Å². The molecule has 0 bridgehead atoms. The molecule has 0 aromatic rings. The average Bonchev–Trinajstić information content (AvgIpc) is 2.46. The van der Waals surface area contributed by atoms with Crippen LogP contribution in [0.25, 0.3) is 0 Å². The van der Waals surface area contributed by atoms with Crippen molar-refractivity contribution in [3.8, 4) is 0 Å². The summed E-state index contributed by atoms with van der Waals surface area (Å²) in [6, 6.07) is 0. The largest absolute Gasteiger partial charge is 0.374 e. The standard InChI is InChI=1S/C17H28O/c1-3-13-18-17-11-9-16(10-12-17)15-7-5-14(4-2)6-8-15/h3-4,14-17H,1-2,5-13H2/t14-,15-,16-,17-. The van der Waals surface area contributed by atoms with Gasteiger partial charge in [0.2, 0.25) is 0 Å². The highest BCUT2D eigenvalue weighted by Crippen LogP contribution is 2.40. The van der Waals surface area contributed by atoms with Crippen molar-refractivity contribution >= 4 is 0 Å². The van der Waals surface area contributed by atoms with Gasteiger partial charge < -0.3 is 4.74 Å². The molecule has 0 spiro atoms. The van der Waals surface area contributed by atoms with Crippen molar-refractivity contribution in [2.24, 2.45) is 17.8 Å². The van der Waals surface area contributed by atoms with Gasteiger partial charge in [-0.25, -0.2) is 0 Å². The van der Waals surface area contributed by atoms with Crippen LogP contribution in [0.1, 0.15) is 51.4 Å². The first-order valence-electron chi connectivity index (χ1n) is 7.68. The molecule has 2 aliphatic carbocycles. The second kappa shape index (κ2) is 7.13. The second-order valence-electron chi connectivity index (χ2n) is 6.07. The molecule has 0 amide bonds. The Labute approximate surface area is 112 Å². The van der Waals surface area contributed by atoms with Gasteiger partial charge in [0.05, 0.1) is 12.7 Å². The Kier molecular flexibility index (Phi) is 5.49. The zero-order valence-electron chi connectivity index (χ0n) is 11.7. The number of hydrogen-bond acceptors (Lipinski definition) is 1. The lowest BCUT2D eigenvalue weighted by Crippen LogP contribution is -2.28. The van der Waals surface area contributed by atoms with E-state index in [1.807, 2.05) is 6.08 Å². The summed E-state index contributed by atoms with van der Waals surface area (Å²) in [6.45, 7) is 8.37. The molecule has 2 fully saturated rings. The van der Waals surface area contributed by atoms with Gasteiger partial charge in [-0.1, -0.05) is 12.2 Å². The van der Waals surface area contributed by atoms with E-state index < -0.39 is 0 Å². The quantitative estimate of drug-likeness (QED) is 0.638. The van der Waals surface area contributed by atoms with Crippen LogP contribution < -0.4 is 0 Å². The number of allylic oxidation sites excluding steroid dienone is 1. The van der Waals surface area contributed by atoms with Gasteiger partial charge in [-0.3, -0.25) is 0 Å². The van der Waals surface area contributed by atoms with E-state index >= 15 is 0 Å². The van der Waals surface area contributed by atoms with Gasteiger partial charge in [-0.05, 0) is 69.1 Å². The van der Waals surface area contributed by atoms with Crippen LogP contribution in [0.3, 0.4) is 0 Å². The Bertz CT molecular complexity index is 255. The SMILES string of the molecule is C=CCO[C@H]1CC[C@H]([C@H]2CC[C@H](C=C)CC2)CC1. The van der Waals surface area contributed by atoms with Crippen LogP contribution in [-0.2, 0) is 4.74 Å². The van der Waals surface area contributed by atoms with Gasteiger partial charge in [-0.2, -0.15) is 0 Å². The first kappa shape index (κ1) is 13.9. The zero-order valence-corrected chi connectivity index (χ0v) is 11.7. The van der Waals surface area contributed by atoms with Crippen molar-refractivity contribution in [1.29, 1.82) is 0 Å². The number of rotatable bonds is 5. The molecule has 0 unspecified atom stereocenters. The van der Waals surface area contributed by atoms with Crippen LogP contribution in [0.2, 0.25) is 0 Å². The van der Waals surface area contributed by atoms with Crippen LogP contribution in [0.5, 0.6) is 0 Å². The molecule has 1 nitrogen and oxygen atoms in total. The summed E-state index contributed by atoms with van der Waals surface area (Å²) in [6.07, 6.45) is 15.4. The minimum absolute atomic E-state index is 0.503. The normalized spacial score (nSPS) is 37.1. The van der Waals surface area contributed by atoms with Crippen LogP contribution in [0.15, 0.2) is 25.3 Å². The van der Waals surface area contributed by atoms with Crippen LogP contribution in [0.4, 0.5) is 0 Å². The van der Waals surface area contributed by atoms with E-state index in [9.17, 15) is 0 Å². The lowest BCUT2D eigenvalue weighted by atomic mass is 9.70. The zero-order chi connectivity index (χ0) is 12.8. The highest BCUT2D eigenvalue weighted by atomic mass is 16.5. The fourth-order valence-corrected chi connectivity index (χ4v) is 3.78. The van der Waals surface area contributed by atoms with Crippen LogP contribution >= 0.6 is 0 Å². The maximum Gasteiger partial charge on any atom is 0.0648 e. The topological polar surface area (TPSA) is 9.23 Å². The van der Waals surface area contributed by atoms with E-state index in [1.54, 1.807) is 0 Å². The molecule has 0 aliphatic heterocycles. The van der Waals surface area contributed by atoms with Crippen LogP contribution in [-0.4, -0.2) is 12.7 Å². The first-order valence-corrected chi connectivity index (χ1v) is 7.68. The van der Waals surface area contributed by atoms with Gasteiger partial charge >= 0.3 is 0 Å². The van der Waals surface area contributed by atoms with E-state index in [2.05, 4.69) is 19.2 Å². The summed E-state index contributed by atoms with van der Waals surface area (Å²) in [5.41, 5.74) is 0. The maximum atomic E-state index is 5.77. The molecule has 0 radical (unpaired) electrons. The smallest absolute Gasteiger partial charge is 0.0648 e. The summed E-state index contributed by atoms with van der Waals surface area (Å²) >= 11 is 0. The molecule has 2 saturated carbocycles. The summed E-state index contributed by atoms with van der Waals surface area (Å²) in [5, 5.41) is 0. The lowest BCUT2D eigenvalue weighted by Gasteiger charge is -2.37. The van der Waals surface area contributed by atoms with Gasteiger partial charge in [0.15, 0.2) is 0 Å². The van der Waals surface area contributed by atoms with E-state index in [1.165, 1.54) is 51.4 Å². The molecular formula is C17H28O. The van der Waals surface area contributed by atoms with Crippen molar-refractivity contribution in [1.82, 2.24) is 0 Å². The Morgan fingerprint density at radius 2 is 1.39 bits per heavy atom. The maximum absolute atomic E-state index is 5.77. The fraction of sp³-hybridized carbons (Fsp3) is 0.765. The molecule has 0 saturated heterocycles. The van der Waals surface area contributed by atoms with E-state index in [0.29, 0.717) is 6.10 Å². The highest BCUT2D eigenvalue weighted by Gasteiger charge is 2.30. The minimum Gasteiger partial charge on any atom is -0.374 e. The van der Waals surface area contributed by atoms with Crippen molar-refractivity contribution in [2.75, 3.05) is 6.61 Å². The molecule has 2 rings (SSSR count). The predicted molar refractivity (Wildman–Crippen MR) is 77.5 cm³/mol. The number of ether oxygens (including phenoxy) is 1. The van der Waals surface area contributed by atoms with E-state index in [-0.39, 0.29) is 0 Å². The summed E-state index contributed by atoms with van der Waals surface area (Å²) in [4.78, 5) is 0. The Hall–Kier alpha value is -0.560. The summed E-state index contributed by atoms with van der Waals surface area (Å²) in [5.74, 6) is 2.76. The lowest BCUT2D eigenvalue weighted by molar-refractivity contribution is 0.0220. The van der Waals surface area contributed by atoms with Crippen molar-refractivity contribution in [3.63, 3.8) is 0 Å². The van der Waals surface area contributed by atoms with Gasteiger partial charge in [0.1, 0.15) is 0 Å². The summed E-state index contributed by atoms with van der Waals surface area (Å²) in [7, 11) is 0. The third-order valence-electron chi connectivity index (χ3n) is 4.99. The molecule has 0 N–H and O–H groups in total. The predicted octanol–water partition coefficient (Wildman–Crippen LogP) is 4.74. The molecule has 0 atom stereocenters. The molecule has 0 aromatic carbocycles. The molecular weight excluding hydrogens is 220 g/mol. The third-order valence-corrected chi connectivity index (χ3v) is 4.99. The highest BCUT2D eigenvalue weighted by molar-refractivity contribution is 4.87. The minimum atomic E-state index is 0.503. The molecule has 0 heterocycles. The molecule has 1 heteroatoms. The second-order valence-corrected chi connectivity index (χ2v) is 6.07. The van der Waals surface area contributed by atoms with Crippen molar-refractivity contribution in [2.45, 2.75) is 57.5 Å². The van der Waals surface area contributed by atoms with Gasteiger partial charge in [-0.15, -0.1) is 13.2 Å². The van der Waals surface area contributed by atoms with Crippen molar-refractivity contribution < 1.29 is 4.74 Å². The Morgan fingerprint density at radius 3 is 1.89 bits per heavy atom. The third kappa shape index (κ3) is 3.71. The van der Waals surface area contributed by atoms with E-state index in [0.717, 1.165) is 24.4 Å². The molecule has 0 aromatic heterocycles. The molecule has 18 heavy (non-hydrogen) atoms. The average molecular weight is 248 g/mol. The van der Waals surface area contributed by atoms with Gasteiger partial charge in [0.25, 0.3) is 0 Å². The van der Waals surface area contributed by atoms with Crippen molar-refractivity contribution in [3.05, 3.63) is 25.3 Å². The molecule has 2 aliphatic rings. The Morgan fingerprint density at radius 1 is 0.833 bits per heavy atom. The monoisotopic (exact) mass is 248 g/mol. The molecule has 102 valence electrons. The Balaban J connectivity index is 1.70. The summed E-state index contributed by atoms with van der Waals surface area (Å²) < 4.78 is 5.77. The first-order chi connectivity index (χ1) is 8.83.